The maximum atomic E-state index is 11.8. The minimum atomic E-state index is -1.41. The number of hydrogen-bond acceptors (Lipinski definition) is 3. The van der Waals surface area contributed by atoms with Crippen LogP contribution in [0.3, 0.4) is 0 Å². The number of aliphatic hydroxyl groups excluding tert-OH is 1. The summed E-state index contributed by atoms with van der Waals surface area (Å²) in [5.41, 5.74) is 1.14. The first-order chi connectivity index (χ1) is 7.65. The topological polar surface area (TPSA) is 46.5 Å². The Bertz CT molecular complexity index is 374. The molecular weight excluding hydrogens is 224 g/mol. The summed E-state index contributed by atoms with van der Waals surface area (Å²) in [6.07, 6.45) is 1.77. The van der Waals surface area contributed by atoms with E-state index in [1.807, 2.05) is 31.2 Å². The molecule has 2 rings (SSSR count). The van der Waals surface area contributed by atoms with Crippen LogP contribution in [0.2, 0.25) is 0 Å². The minimum Gasteiger partial charge on any atom is -0.393 e. The van der Waals surface area contributed by atoms with Gasteiger partial charge in [0.15, 0.2) is 11.1 Å². The van der Waals surface area contributed by atoms with Crippen molar-refractivity contribution in [3.63, 3.8) is 0 Å². The molecule has 4 heteroatoms. The van der Waals surface area contributed by atoms with Gasteiger partial charge in [-0.25, -0.2) is 4.21 Å². The molecule has 0 saturated heterocycles. The van der Waals surface area contributed by atoms with Crippen molar-refractivity contribution < 1.29 is 13.5 Å². The molecule has 16 heavy (non-hydrogen) atoms. The summed E-state index contributed by atoms with van der Waals surface area (Å²) in [6, 6.07) is 7.47. The number of aliphatic hydroxyl groups is 1. The van der Waals surface area contributed by atoms with Gasteiger partial charge in [0, 0.05) is 6.42 Å². The van der Waals surface area contributed by atoms with E-state index in [4.69, 9.17) is 4.18 Å². The number of hydrogen-bond donors (Lipinski definition) is 1. The first kappa shape index (κ1) is 11.8. The second-order valence-electron chi connectivity index (χ2n) is 4.23. The summed E-state index contributed by atoms with van der Waals surface area (Å²) < 4.78 is 17.2. The molecule has 1 N–H and O–H groups in total. The fraction of sp³-hybridized carbons (Fsp3) is 0.500. The Morgan fingerprint density at radius 1 is 1.31 bits per heavy atom. The van der Waals surface area contributed by atoms with Gasteiger partial charge in [-0.2, -0.15) is 0 Å². The average Bonchev–Trinajstić information content (AvgIpc) is 2.65. The Balaban J connectivity index is 1.95. The largest absolute Gasteiger partial charge is 0.393 e. The van der Waals surface area contributed by atoms with Crippen LogP contribution < -0.4 is 0 Å². The van der Waals surface area contributed by atoms with Crippen LogP contribution in [0.15, 0.2) is 29.2 Å². The van der Waals surface area contributed by atoms with Crippen LogP contribution in [-0.2, 0) is 15.3 Å². The smallest absolute Gasteiger partial charge is 0.189 e. The monoisotopic (exact) mass is 240 g/mol. The van der Waals surface area contributed by atoms with Crippen LogP contribution >= 0.6 is 0 Å². The first-order valence-electron chi connectivity index (χ1n) is 5.49. The lowest BCUT2D eigenvalue weighted by molar-refractivity contribution is 0.157. The van der Waals surface area contributed by atoms with E-state index in [0.717, 1.165) is 18.4 Å². The summed E-state index contributed by atoms with van der Waals surface area (Å²) in [5.74, 6) is 0. The van der Waals surface area contributed by atoms with E-state index in [0.29, 0.717) is 11.3 Å². The second-order valence-corrected chi connectivity index (χ2v) is 5.37. The van der Waals surface area contributed by atoms with Crippen molar-refractivity contribution in [2.45, 2.75) is 43.3 Å². The van der Waals surface area contributed by atoms with Crippen molar-refractivity contribution in [1.29, 1.82) is 0 Å². The van der Waals surface area contributed by atoms with Gasteiger partial charge in [0.2, 0.25) is 0 Å². The zero-order valence-electron chi connectivity index (χ0n) is 9.26. The molecule has 1 aliphatic carbocycles. The standard InChI is InChI=1S/C12H16O3S/c1-9-2-6-12(7-3-9)16(14)15-11-5-4-10(13)8-11/h2-3,6-7,10-11,13H,4-5,8H2,1H3. The normalized spacial score (nSPS) is 26.9. The van der Waals surface area contributed by atoms with Crippen molar-refractivity contribution in [3.8, 4) is 0 Å². The molecule has 0 aliphatic heterocycles. The quantitative estimate of drug-likeness (QED) is 0.878. The van der Waals surface area contributed by atoms with Crippen LogP contribution in [0, 0.1) is 6.92 Å². The second kappa shape index (κ2) is 5.08. The maximum Gasteiger partial charge on any atom is 0.189 e. The van der Waals surface area contributed by atoms with Gasteiger partial charge in [0.05, 0.1) is 17.1 Å². The van der Waals surface area contributed by atoms with E-state index in [-0.39, 0.29) is 12.2 Å². The number of benzene rings is 1. The molecule has 0 heterocycles. The minimum absolute atomic E-state index is 0.0721. The Labute approximate surface area is 98.1 Å². The lowest BCUT2D eigenvalue weighted by atomic mass is 10.2. The summed E-state index contributed by atoms with van der Waals surface area (Å²) >= 11 is -1.41. The van der Waals surface area contributed by atoms with Gasteiger partial charge in [-0.1, -0.05) is 17.7 Å². The van der Waals surface area contributed by atoms with Crippen LogP contribution in [0.5, 0.6) is 0 Å². The van der Waals surface area contributed by atoms with Gasteiger partial charge in [0.25, 0.3) is 0 Å². The average molecular weight is 240 g/mol. The molecule has 0 bridgehead atoms. The number of rotatable bonds is 3. The highest BCUT2D eigenvalue weighted by molar-refractivity contribution is 7.80. The fourth-order valence-electron chi connectivity index (χ4n) is 1.83. The number of aryl methyl sites for hydroxylation is 1. The Morgan fingerprint density at radius 2 is 2.00 bits per heavy atom. The SMILES string of the molecule is Cc1ccc(S(=O)OC2CCC(O)C2)cc1. The molecule has 0 radical (unpaired) electrons. The van der Waals surface area contributed by atoms with Gasteiger partial charge in [-0.3, -0.25) is 4.18 Å². The first-order valence-corrected chi connectivity index (χ1v) is 6.56. The molecule has 88 valence electrons. The molecule has 0 aromatic heterocycles. The van der Waals surface area contributed by atoms with Gasteiger partial charge < -0.3 is 5.11 Å². The molecule has 1 aromatic rings. The van der Waals surface area contributed by atoms with Gasteiger partial charge >= 0.3 is 0 Å². The molecule has 3 nitrogen and oxygen atoms in total. The van der Waals surface area contributed by atoms with Crippen LogP contribution in [0.25, 0.3) is 0 Å². The highest BCUT2D eigenvalue weighted by Gasteiger charge is 2.25. The summed E-state index contributed by atoms with van der Waals surface area (Å²) in [7, 11) is 0. The predicted octanol–water partition coefficient (Wildman–Crippen LogP) is 1.95. The van der Waals surface area contributed by atoms with Crippen molar-refractivity contribution in [2.24, 2.45) is 0 Å². The molecule has 3 unspecified atom stereocenters. The van der Waals surface area contributed by atoms with Crippen molar-refractivity contribution >= 4 is 11.1 Å². The van der Waals surface area contributed by atoms with Crippen LogP contribution in [0.4, 0.5) is 0 Å². The fourth-order valence-corrected chi connectivity index (χ4v) is 2.72. The molecule has 0 amide bonds. The van der Waals surface area contributed by atoms with E-state index < -0.39 is 11.1 Å². The van der Waals surface area contributed by atoms with E-state index in [9.17, 15) is 9.32 Å². The molecule has 1 saturated carbocycles. The Hall–Kier alpha value is -0.710. The maximum absolute atomic E-state index is 11.8. The van der Waals surface area contributed by atoms with Crippen molar-refractivity contribution in [1.82, 2.24) is 0 Å². The third-order valence-corrected chi connectivity index (χ3v) is 3.90. The lowest BCUT2D eigenvalue weighted by Gasteiger charge is -2.09. The van der Waals surface area contributed by atoms with E-state index in [1.165, 1.54) is 0 Å². The van der Waals surface area contributed by atoms with Gasteiger partial charge in [-0.05, 0) is 31.9 Å². The lowest BCUT2D eigenvalue weighted by Crippen LogP contribution is -2.12. The van der Waals surface area contributed by atoms with Crippen molar-refractivity contribution in [2.75, 3.05) is 0 Å². The highest BCUT2D eigenvalue weighted by atomic mass is 32.2. The van der Waals surface area contributed by atoms with E-state index in [1.54, 1.807) is 0 Å². The predicted molar refractivity (Wildman–Crippen MR) is 62.3 cm³/mol. The molecular formula is C12H16O3S. The summed E-state index contributed by atoms with van der Waals surface area (Å²) in [5, 5.41) is 9.34. The molecule has 1 aromatic carbocycles. The van der Waals surface area contributed by atoms with Gasteiger partial charge in [-0.15, -0.1) is 0 Å². The molecule has 1 fully saturated rings. The molecule has 1 aliphatic rings. The van der Waals surface area contributed by atoms with Crippen molar-refractivity contribution in [3.05, 3.63) is 29.8 Å². The Morgan fingerprint density at radius 3 is 2.56 bits per heavy atom. The highest BCUT2D eigenvalue weighted by Crippen LogP contribution is 2.24. The Kier molecular flexibility index (Phi) is 3.74. The van der Waals surface area contributed by atoms with Gasteiger partial charge in [0.1, 0.15) is 0 Å². The van der Waals surface area contributed by atoms with Crippen LogP contribution in [0.1, 0.15) is 24.8 Å². The van der Waals surface area contributed by atoms with Crippen LogP contribution in [-0.4, -0.2) is 21.5 Å². The third-order valence-electron chi connectivity index (χ3n) is 2.79. The van der Waals surface area contributed by atoms with E-state index in [2.05, 4.69) is 0 Å². The third kappa shape index (κ3) is 2.90. The zero-order chi connectivity index (χ0) is 11.5. The van der Waals surface area contributed by atoms with E-state index >= 15 is 0 Å². The summed E-state index contributed by atoms with van der Waals surface area (Å²) in [4.78, 5) is 0.687. The molecule has 0 spiro atoms. The summed E-state index contributed by atoms with van der Waals surface area (Å²) in [6.45, 7) is 1.99. The zero-order valence-corrected chi connectivity index (χ0v) is 10.1. The molecule has 3 atom stereocenters.